The fraction of sp³-hybridized carbons (Fsp3) is 0.667. The molecule has 0 aliphatic rings. The van der Waals surface area contributed by atoms with Gasteiger partial charge in [0.1, 0.15) is 5.01 Å². The van der Waals surface area contributed by atoms with Crippen LogP contribution in [0.5, 0.6) is 0 Å². The maximum absolute atomic E-state index is 12.1. The van der Waals surface area contributed by atoms with Crippen LogP contribution < -0.4 is 5.32 Å². The third-order valence-corrected chi connectivity index (χ3v) is 2.71. The van der Waals surface area contributed by atoms with E-state index in [4.69, 9.17) is 0 Å². The highest BCUT2D eigenvalue weighted by Gasteiger charge is 2.29. The van der Waals surface area contributed by atoms with Gasteiger partial charge in [-0.3, -0.25) is 4.90 Å². The molecule has 0 aliphatic heterocycles. The van der Waals surface area contributed by atoms with Gasteiger partial charge in [-0.2, -0.15) is 13.2 Å². The number of nitrogens with one attached hydrogen (secondary N) is 1. The molecule has 0 aromatic carbocycles. The largest absolute Gasteiger partial charge is 0.401 e. The summed E-state index contributed by atoms with van der Waals surface area (Å²) >= 11 is 1.45. The van der Waals surface area contributed by atoms with Crippen molar-refractivity contribution in [3.63, 3.8) is 0 Å². The predicted molar refractivity (Wildman–Crippen MR) is 57.3 cm³/mol. The molecule has 16 heavy (non-hydrogen) atoms. The Morgan fingerprint density at radius 2 is 2.19 bits per heavy atom. The van der Waals surface area contributed by atoms with Crippen LogP contribution >= 0.6 is 11.3 Å². The van der Waals surface area contributed by atoms with Crippen LogP contribution in [0.3, 0.4) is 0 Å². The zero-order valence-corrected chi connectivity index (χ0v) is 9.95. The summed E-state index contributed by atoms with van der Waals surface area (Å²) in [5, 5.41) is 5.62. The number of aromatic nitrogens is 1. The van der Waals surface area contributed by atoms with Gasteiger partial charge in [-0.1, -0.05) is 0 Å². The first-order valence-electron chi connectivity index (χ1n) is 4.74. The molecule has 1 rings (SSSR count). The zero-order valence-electron chi connectivity index (χ0n) is 9.14. The van der Waals surface area contributed by atoms with Crippen LogP contribution in [-0.4, -0.2) is 36.7 Å². The second-order valence-corrected chi connectivity index (χ2v) is 4.49. The van der Waals surface area contributed by atoms with Crippen LogP contribution in [0.1, 0.15) is 10.7 Å². The van der Waals surface area contributed by atoms with Crippen LogP contribution in [0.15, 0.2) is 5.38 Å². The van der Waals surface area contributed by atoms with Gasteiger partial charge in [-0.05, 0) is 14.1 Å². The van der Waals surface area contributed by atoms with Crippen LogP contribution in [0.4, 0.5) is 13.2 Å². The Hall–Kier alpha value is -0.660. The topological polar surface area (TPSA) is 28.2 Å². The summed E-state index contributed by atoms with van der Waals surface area (Å²) in [4.78, 5) is 5.42. The molecule has 1 aromatic rings. The van der Waals surface area contributed by atoms with Crippen LogP contribution in [0.2, 0.25) is 0 Å². The van der Waals surface area contributed by atoms with E-state index in [1.807, 2.05) is 0 Å². The molecule has 0 atom stereocenters. The number of hydrogen-bond donors (Lipinski definition) is 1. The molecule has 0 unspecified atom stereocenters. The Balaban J connectivity index is 2.46. The van der Waals surface area contributed by atoms with Gasteiger partial charge < -0.3 is 5.32 Å². The number of nitrogens with zero attached hydrogens (tertiary/aromatic N) is 2. The summed E-state index contributed by atoms with van der Waals surface area (Å²) in [5.74, 6) is 0. The highest BCUT2D eigenvalue weighted by atomic mass is 32.1. The lowest BCUT2D eigenvalue weighted by atomic mass is 10.4. The van der Waals surface area contributed by atoms with Gasteiger partial charge in [0.25, 0.3) is 0 Å². The van der Waals surface area contributed by atoms with Crippen molar-refractivity contribution in [3.05, 3.63) is 16.1 Å². The fourth-order valence-electron chi connectivity index (χ4n) is 1.29. The van der Waals surface area contributed by atoms with Gasteiger partial charge in [0.15, 0.2) is 0 Å². The molecule has 0 aliphatic carbocycles. The van der Waals surface area contributed by atoms with Gasteiger partial charge >= 0.3 is 6.18 Å². The van der Waals surface area contributed by atoms with Crippen molar-refractivity contribution in [2.75, 3.05) is 20.6 Å². The number of hydrogen-bond acceptors (Lipinski definition) is 4. The lowest BCUT2D eigenvalue weighted by molar-refractivity contribution is -0.144. The van der Waals surface area contributed by atoms with E-state index in [0.29, 0.717) is 12.2 Å². The number of halogens is 3. The summed E-state index contributed by atoms with van der Waals surface area (Å²) in [7, 11) is 3.24. The van der Waals surface area contributed by atoms with E-state index in [1.54, 1.807) is 12.4 Å². The molecule has 0 amide bonds. The highest BCUT2D eigenvalue weighted by molar-refractivity contribution is 7.09. The minimum Gasteiger partial charge on any atom is -0.314 e. The average molecular weight is 253 g/mol. The smallest absolute Gasteiger partial charge is 0.314 e. The monoisotopic (exact) mass is 253 g/mol. The molecule has 3 nitrogen and oxygen atoms in total. The second kappa shape index (κ2) is 5.60. The maximum atomic E-state index is 12.1. The molecular formula is C9H14F3N3S. The van der Waals surface area contributed by atoms with Crippen molar-refractivity contribution >= 4 is 11.3 Å². The normalized spacial score (nSPS) is 12.4. The first-order chi connectivity index (χ1) is 7.40. The van der Waals surface area contributed by atoms with Crippen LogP contribution in [-0.2, 0) is 13.1 Å². The lowest BCUT2D eigenvalue weighted by Crippen LogP contribution is -2.30. The molecule has 92 valence electrons. The Morgan fingerprint density at radius 1 is 1.50 bits per heavy atom. The fourth-order valence-corrected chi connectivity index (χ4v) is 2.09. The highest BCUT2D eigenvalue weighted by Crippen LogP contribution is 2.17. The molecule has 0 fully saturated rings. The van der Waals surface area contributed by atoms with E-state index >= 15 is 0 Å². The molecule has 0 radical (unpaired) electrons. The number of alkyl halides is 3. The summed E-state index contributed by atoms with van der Waals surface area (Å²) in [6.45, 7) is -0.0424. The van der Waals surface area contributed by atoms with E-state index in [1.165, 1.54) is 23.3 Å². The Bertz CT molecular complexity index is 324. The van der Waals surface area contributed by atoms with Gasteiger partial charge in [0.2, 0.25) is 0 Å². The van der Waals surface area contributed by atoms with Gasteiger partial charge in [-0.15, -0.1) is 11.3 Å². The number of thiazole rings is 1. The molecule has 7 heteroatoms. The lowest BCUT2D eigenvalue weighted by Gasteiger charge is -2.16. The van der Waals surface area contributed by atoms with E-state index in [-0.39, 0.29) is 6.54 Å². The Kier molecular flexibility index (Phi) is 4.69. The third-order valence-electron chi connectivity index (χ3n) is 1.81. The maximum Gasteiger partial charge on any atom is 0.401 e. The summed E-state index contributed by atoms with van der Waals surface area (Å²) in [5.41, 5.74) is 0.682. The SMILES string of the molecule is CNCc1nc(CN(C)CC(F)(F)F)cs1. The second-order valence-electron chi connectivity index (χ2n) is 3.55. The van der Waals surface area contributed by atoms with Crippen molar-refractivity contribution in [3.8, 4) is 0 Å². The average Bonchev–Trinajstić information content (AvgIpc) is 2.49. The quantitative estimate of drug-likeness (QED) is 0.868. The Morgan fingerprint density at radius 3 is 2.75 bits per heavy atom. The first-order valence-corrected chi connectivity index (χ1v) is 5.62. The molecule has 1 heterocycles. The molecular weight excluding hydrogens is 239 g/mol. The molecule has 0 bridgehead atoms. The Labute approximate surface area is 96.3 Å². The van der Waals surface area contributed by atoms with Crippen molar-refractivity contribution < 1.29 is 13.2 Å². The van der Waals surface area contributed by atoms with Crippen LogP contribution in [0, 0.1) is 0 Å². The molecule has 1 aromatic heterocycles. The zero-order chi connectivity index (χ0) is 12.2. The van der Waals surface area contributed by atoms with Crippen LogP contribution in [0.25, 0.3) is 0 Å². The van der Waals surface area contributed by atoms with E-state index in [0.717, 1.165) is 5.01 Å². The van der Waals surface area contributed by atoms with Gasteiger partial charge in [0, 0.05) is 18.5 Å². The first kappa shape index (κ1) is 13.4. The minimum atomic E-state index is -4.15. The molecule has 0 saturated heterocycles. The van der Waals surface area contributed by atoms with E-state index in [2.05, 4.69) is 10.3 Å². The van der Waals surface area contributed by atoms with Crippen molar-refractivity contribution in [2.45, 2.75) is 19.3 Å². The van der Waals surface area contributed by atoms with Gasteiger partial charge in [-0.25, -0.2) is 4.98 Å². The molecule has 0 saturated carbocycles. The minimum absolute atomic E-state index is 0.222. The standard InChI is InChI=1S/C9H14F3N3S/c1-13-3-8-14-7(5-16-8)4-15(2)6-9(10,11)12/h5,13H,3-4,6H2,1-2H3. The van der Waals surface area contributed by atoms with Crippen molar-refractivity contribution in [1.29, 1.82) is 0 Å². The predicted octanol–water partition coefficient (Wildman–Crippen LogP) is 1.86. The van der Waals surface area contributed by atoms with Crippen molar-refractivity contribution in [1.82, 2.24) is 15.2 Å². The van der Waals surface area contributed by atoms with E-state index < -0.39 is 12.7 Å². The van der Waals surface area contributed by atoms with E-state index in [9.17, 15) is 13.2 Å². The van der Waals surface area contributed by atoms with Crippen molar-refractivity contribution in [2.24, 2.45) is 0 Å². The summed E-state index contributed by atoms with van der Waals surface area (Å²) < 4.78 is 36.2. The number of rotatable bonds is 5. The third kappa shape index (κ3) is 4.91. The summed E-state index contributed by atoms with van der Waals surface area (Å²) in [6, 6.07) is 0. The summed E-state index contributed by atoms with van der Waals surface area (Å²) in [6.07, 6.45) is -4.15. The van der Waals surface area contributed by atoms with Gasteiger partial charge in [0.05, 0.1) is 12.2 Å². The molecule has 0 spiro atoms. The molecule has 1 N–H and O–H groups in total.